The fraction of sp³-hybridized carbons (Fsp3) is 0.368. The van der Waals surface area contributed by atoms with E-state index in [0.717, 1.165) is 37.6 Å². The normalized spacial score (nSPS) is 14.5. The number of hydrogen-bond donors (Lipinski definition) is 2. The fourth-order valence-corrected chi connectivity index (χ4v) is 2.94. The summed E-state index contributed by atoms with van der Waals surface area (Å²) in [5.74, 6) is 0.311. The summed E-state index contributed by atoms with van der Waals surface area (Å²) >= 11 is 0. The number of anilines is 3. The van der Waals surface area contributed by atoms with Gasteiger partial charge < -0.3 is 15.1 Å². The monoisotopic (exact) mass is 357 g/mol. The van der Waals surface area contributed by atoms with E-state index in [-0.39, 0.29) is 17.9 Å². The number of carbonyl (C=O) groups is 1. The summed E-state index contributed by atoms with van der Waals surface area (Å²) in [4.78, 5) is 20.5. The van der Waals surface area contributed by atoms with Crippen molar-refractivity contribution in [2.24, 2.45) is 0 Å². The van der Waals surface area contributed by atoms with Crippen LogP contribution in [-0.2, 0) is 0 Å². The average Bonchev–Trinajstić information content (AvgIpc) is 2.62. The van der Waals surface area contributed by atoms with Gasteiger partial charge in [-0.2, -0.15) is 0 Å². The third-order valence-corrected chi connectivity index (χ3v) is 4.25. The highest BCUT2D eigenvalue weighted by Gasteiger charge is 2.18. The number of nitrogens with zero attached hydrogens (tertiary/aromatic N) is 3. The van der Waals surface area contributed by atoms with Crippen LogP contribution in [0.25, 0.3) is 0 Å². The van der Waals surface area contributed by atoms with E-state index >= 15 is 0 Å². The minimum atomic E-state index is -0.256. The van der Waals surface area contributed by atoms with Gasteiger partial charge in [0.15, 0.2) is 0 Å². The van der Waals surface area contributed by atoms with Gasteiger partial charge >= 0.3 is 6.03 Å². The minimum absolute atomic E-state index is 0.0756. The third-order valence-electron chi connectivity index (χ3n) is 4.25. The third kappa shape index (κ3) is 4.62. The molecule has 1 fully saturated rings. The maximum atomic E-state index is 13.0. The molecule has 2 amide bonds. The number of pyridine rings is 1. The Balaban J connectivity index is 1.54. The number of aromatic nitrogens is 1. The molecule has 3 rings (SSSR count). The van der Waals surface area contributed by atoms with E-state index in [1.807, 2.05) is 38.1 Å². The molecule has 138 valence electrons. The molecular formula is C19H24FN5O. The second-order valence-electron chi connectivity index (χ2n) is 6.61. The van der Waals surface area contributed by atoms with Crippen LogP contribution >= 0.6 is 0 Å². The summed E-state index contributed by atoms with van der Waals surface area (Å²) in [7, 11) is 0. The van der Waals surface area contributed by atoms with E-state index in [0.29, 0.717) is 5.82 Å². The van der Waals surface area contributed by atoms with E-state index in [9.17, 15) is 9.18 Å². The molecule has 1 saturated heterocycles. The second-order valence-corrected chi connectivity index (χ2v) is 6.61. The van der Waals surface area contributed by atoms with Crippen LogP contribution in [0, 0.1) is 5.82 Å². The van der Waals surface area contributed by atoms with Gasteiger partial charge in [-0.3, -0.25) is 5.32 Å². The Morgan fingerprint density at radius 3 is 2.12 bits per heavy atom. The molecule has 0 aliphatic carbocycles. The SMILES string of the molecule is CC(C)NC(=O)Nc1ccc(N2CCN(c3ccc(F)cc3)CC2)cn1. The maximum Gasteiger partial charge on any atom is 0.320 e. The first-order valence-corrected chi connectivity index (χ1v) is 8.80. The van der Waals surface area contributed by atoms with Gasteiger partial charge in [-0.25, -0.2) is 14.2 Å². The highest BCUT2D eigenvalue weighted by Crippen LogP contribution is 2.21. The van der Waals surface area contributed by atoms with Crippen LogP contribution in [0.5, 0.6) is 0 Å². The number of amides is 2. The predicted octanol–water partition coefficient (Wildman–Crippen LogP) is 3.08. The van der Waals surface area contributed by atoms with Crippen molar-refractivity contribution < 1.29 is 9.18 Å². The molecule has 0 radical (unpaired) electrons. The van der Waals surface area contributed by atoms with Crippen LogP contribution in [0.2, 0.25) is 0 Å². The van der Waals surface area contributed by atoms with Gasteiger partial charge in [0.05, 0.1) is 11.9 Å². The van der Waals surface area contributed by atoms with Gasteiger partial charge in [-0.15, -0.1) is 0 Å². The van der Waals surface area contributed by atoms with Crippen molar-refractivity contribution in [3.63, 3.8) is 0 Å². The standard InChI is InChI=1S/C19H24FN5O/c1-14(2)22-19(26)23-18-8-7-17(13-21-18)25-11-9-24(10-12-25)16-5-3-15(20)4-6-16/h3-8,13-14H,9-12H2,1-2H3,(H2,21,22,23,26). The number of nitrogens with one attached hydrogen (secondary N) is 2. The molecule has 2 heterocycles. The highest BCUT2D eigenvalue weighted by molar-refractivity contribution is 5.88. The molecule has 7 heteroatoms. The van der Waals surface area contributed by atoms with Gasteiger partial charge in [-0.1, -0.05) is 0 Å². The Hall–Kier alpha value is -2.83. The van der Waals surface area contributed by atoms with Crippen LogP contribution in [0.1, 0.15) is 13.8 Å². The van der Waals surface area contributed by atoms with Crippen molar-refractivity contribution >= 4 is 23.2 Å². The van der Waals surface area contributed by atoms with E-state index in [4.69, 9.17) is 0 Å². The molecular weight excluding hydrogens is 333 g/mol. The molecule has 2 N–H and O–H groups in total. The maximum absolute atomic E-state index is 13.0. The van der Waals surface area contributed by atoms with Crippen LogP contribution in [0.15, 0.2) is 42.6 Å². The first-order valence-electron chi connectivity index (χ1n) is 8.80. The van der Waals surface area contributed by atoms with Crippen LogP contribution < -0.4 is 20.4 Å². The zero-order valence-electron chi connectivity index (χ0n) is 15.1. The molecule has 2 aromatic rings. The topological polar surface area (TPSA) is 60.5 Å². The second kappa shape index (κ2) is 8.03. The Bertz CT molecular complexity index is 725. The first kappa shape index (κ1) is 18.0. The van der Waals surface area contributed by atoms with Crippen molar-refractivity contribution in [2.45, 2.75) is 19.9 Å². The predicted molar refractivity (Wildman–Crippen MR) is 102 cm³/mol. The van der Waals surface area contributed by atoms with E-state index in [1.165, 1.54) is 12.1 Å². The summed E-state index contributed by atoms with van der Waals surface area (Å²) in [6.45, 7) is 7.26. The minimum Gasteiger partial charge on any atom is -0.368 e. The van der Waals surface area contributed by atoms with Crippen molar-refractivity contribution in [1.82, 2.24) is 10.3 Å². The van der Waals surface area contributed by atoms with Crippen LogP contribution in [-0.4, -0.2) is 43.2 Å². The van der Waals surface area contributed by atoms with Gasteiger partial charge in [0.25, 0.3) is 0 Å². The number of piperazine rings is 1. The molecule has 0 saturated carbocycles. The van der Waals surface area contributed by atoms with E-state index in [1.54, 1.807) is 6.20 Å². The molecule has 1 aliphatic heterocycles. The van der Waals surface area contributed by atoms with Crippen molar-refractivity contribution in [3.8, 4) is 0 Å². The molecule has 0 unspecified atom stereocenters. The van der Waals surface area contributed by atoms with Crippen molar-refractivity contribution in [2.75, 3.05) is 41.3 Å². The molecule has 1 aliphatic rings. The van der Waals surface area contributed by atoms with E-state index in [2.05, 4.69) is 25.4 Å². The molecule has 1 aromatic carbocycles. The average molecular weight is 357 g/mol. The van der Waals surface area contributed by atoms with Gasteiger partial charge in [-0.05, 0) is 50.2 Å². The number of rotatable bonds is 4. The van der Waals surface area contributed by atoms with Crippen LogP contribution in [0.4, 0.5) is 26.4 Å². The Labute approximate surface area is 153 Å². The number of halogens is 1. The Morgan fingerprint density at radius 1 is 1.00 bits per heavy atom. The molecule has 0 bridgehead atoms. The van der Waals surface area contributed by atoms with E-state index < -0.39 is 0 Å². The smallest absolute Gasteiger partial charge is 0.320 e. The molecule has 6 nitrogen and oxygen atoms in total. The number of carbonyl (C=O) groups excluding carboxylic acids is 1. The summed E-state index contributed by atoms with van der Waals surface area (Å²) in [6, 6.07) is 10.2. The summed E-state index contributed by atoms with van der Waals surface area (Å²) in [6.07, 6.45) is 1.78. The van der Waals surface area contributed by atoms with Crippen molar-refractivity contribution in [3.05, 3.63) is 48.4 Å². The molecule has 26 heavy (non-hydrogen) atoms. The molecule has 1 aromatic heterocycles. The number of benzene rings is 1. The lowest BCUT2D eigenvalue weighted by Crippen LogP contribution is -2.46. The summed E-state index contributed by atoms with van der Waals surface area (Å²) < 4.78 is 13.0. The fourth-order valence-electron chi connectivity index (χ4n) is 2.94. The lowest BCUT2D eigenvalue weighted by Gasteiger charge is -2.37. The Kier molecular flexibility index (Phi) is 5.55. The lowest BCUT2D eigenvalue weighted by atomic mass is 10.2. The first-order chi connectivity index (χ1) is 12.5. The summed E-state index contributed by atoms with van der Waals surface area (Å²) in [5, 5.41) is 5.48. The number of urea groups is 1. The quantitative estimate of drug-likeness (QED) is 0.883. The highest BCUT2D eigenvalue weighted by atomic mass is 19.1. The van der Waals surface area contributed by atoms with Gasteiger partial charge in [0, 0.05) is 37.9 Å². The van der Waals surface area contributed by atoms with Crippen LogP contribution in [0.3, 0.4) is 0 Å². The zero-order valence-corrected chi connectivity index (χ0v) is 15.1. The molecule has 0 spiro atoms. The van der Waals surface area contributed by atoms with Gasteiger partial charge in [0.1, 0.15) is 11.6 Å². The zero-order chi connectivity index (χ0) is 18.5. The lowest BCUT2D eigenvalue weighted by molar-refractivity contribution is 0.250. The largest absolute Gasteiger partial charge is 0.368 e. The molecule has 0 atom stereocenters. The Morgan fingerprint density at radius 2 is 1.58 bits per heavy atom. The summed E-state index contributed by atoms with van der Waals surface area (Å²) in [5.41, 5.74) is 2.07. The van der Waals surface area contributed by atoms with Crippen molar-refractivity contribution in [1.29, 1.82) is 0 Å². The number of hydrogen-bond acceptors (Lipinski definition) is 4. The van der Waals surface area contributed by atoms with Gasteiger partial charge in [0.2, 0.25) is 0 Å².